The summed E-state index contributed by atoms with van der Waals surface area (Å²) in [6.07, 6.45) is 3.64. The molecule has 1 atom stereocenters. The number of ether oxygens (including phenoxy) is 1. The summed E-state index contributed by atoms with van der Waals surface area (Å²) in [5, 5.41) is 0. The number of hydrogen-bond donors (Lipinski definition) is 0. The average molecular weight is 407 g/mol. The highest BCUT2D eigenvalue weighted by atomic mass is 19.1. The van der Waals surface area contributed by atoms with Crippen LogP contribution in [-0.2, 0) is 11.3 Å². The molecule has 0 saturated carbocycles. The minimum Gasteiger partial charge on any atom is -0.484 e. The molecule has 6 heteroatoms. The van der Waals surface area contributed by atoms with Gasteiger partial charge in [-0.2, -0.15) is 0 Å². The van der Waals surface area contributed by atoms with Gasteiger partial charge in [0.1, 0.15) is 17.4 Å². The second-order valence-electron chi connectivity index (χ2n) is 7.82. The number of carbonyl (C=O) groups is 1. The van der Waals surface area contributed by atoms with E-state index in [9.17, 15) is 9.18 Å². The summed E-state index contributed by atoms with van der Waals surface area (Å²) in [4.78, 5) is 19.4. The largest absolute Gasteiger partial charge is 0.484 e. The Balaban J connectivity index is 1.49. The van der Waals surface area contributed by atoms with Gasteiger partial charge in [0.15, 0.2) is 6.61 Å². The predicted octanol–water partition coefficient (Wildman–Crippen LogP) is 4.43. The van der Waals surface area contributed by atoms with E-state index in [1.165, 1.54) is 12.1 Å². The normalized spacial score (nSPS) is 16.1. The minimum absolute atomic E-state index is 0.0115. The van der Waals surface area contributed by atoms with E-state index >= 15 is 0 Å². The molecule has 1 aromatic heterocycles. The first kappa shape index (κ1) is 20.1. The molecule has 156 valence electrons. The third-order valence-corrected chi connectivity index (χ3v) is 5.56. The molecule has 5 nitrogen and oxygen atoms in total. The van der Waals surface area contributed by atoms with Crippen LogP contribution in [0.15, 0.2) is 54.7 Å². The van der Waals surface area contributed by atoms with Crippen molar-refractivity contribution in [2.24, 2.45) is 0 Å². The second kappa shape index (κ2) is 8.69. The number of aryl methyl sites for hydroxylation is 2. The fourth-order valence-corrected chi connectivity index (χ4v) is 3.99. The van der Waals surface area contributed by atoms with Gasteiger partial charge in [-0.25, -0.2) is 9.37 Å². The van der Waals surface area contributed by atoms with Crippen molar-refractivity contribution in [1.29, 1.82) is 0 Å². The number of benzene rings is 2. The number of amides is 1. The molecule has 2 aromatic carbocycles. The highest BCUT2D eigenvalue weighted by Gasteiger charge is 2.33. The SMILES string of the molecule is Cc1cccc(OCC(=O)N2CCCC2c2ncc(C)n2Cc2ccc(F)cc2)c1. The Kier molecular flexibility index (Phi) is 5.84. The Bertz CT molecular complexity index is 1030. The first-order chi connectivity index (χ1) is 14.5. The molecule has 1 unspecified atom stereocenters. The smallest absolute Gasteiger partial charge is 0.261 e. The minimum atomic E-state index is -0.248. The van der Waals surface area contributed by atoms with Gasteiger partial charge in [-0.1, -0.05) is 24.3 Å². The quantitative estimate of drug-likeness (QED) is 0.607. The first-order valence-electron chi connectivity index (χ1n) is 10.3. The number of imidazole rings is 1. The maximum Gasteiger partial charge on any atom is 0.261 e. The lowest BCUT2D eigenvalue weighted by Gasteiger charge is -2.25. The molecule has 1 aliphatic rings. The molecule has 3 aromatic rings. The molecule has 0 radical (unpaired) electrons. The Morgan fingerprint density at radius 1 is 1.20 bits per heavy atom. The van der Waals surface area contributed by atoms with Gasteiger partial charge in [0.2, 0.25) is 0 Å². The van der Waals surface area contributed by atoms with E-state index in [2.05, 4.69) is 9.55 Å². The molecule has 1 amide bonds. The number of rotatable bonds is 6. The van der Waals surface area contributed by atoms with E-state index < -0.39 is 0 Å². The predicted molar refractivity (Wildman–Crippen MR) is 113 cm³/mol. The van der Waals surface area contributed by atoms with Gasteiger partial charge >= 0.3 is 0 Å². The zero-order valence-electron chi connectivity index (χ0n) is 17.3. The van der Waals surface area contributed by atoms with Crippen LogP contribution in [0.4, 0.5) is 4.39 Å². The molecule has 0 bridgehead atoms. The summed E-state index contributed by atoms with van der Waals surface area (Å²) in [5.41, 5.74) is 3.11. The molecule has 1 aliphatic heterocycles. The van der Waals surface area contributed by atoms with Gasteiger partial charge in [-0.3, -0.25) is 4.79 Å². The van der Waals surface area contributed by atoms with Gasteiger partial charge in [-0.15, -0.1) is 0 Å². The van der Waals surface area contributed by atoms with Crippen molar-refractivity contribution in [3.63, 3.8) is 0 Å². The van der Waals surface area contributed by atoms with Gasteiger partial charge in [0, 0.05) is 25.0 Å². The second-order valence-corrected chi connectivity index (χ2v) is 7.82. The Morgan fingerprint density at radius 3 is 2.77 bits per heavy atom. The van der Waals surface area contributed by atoms with Crippen LogP contribution in [0.5, 0.6) is 5.75 Å². The van der Waals surface area contributed by atoms with Crippen LogP contribution in [0.3, 0.4) is 0 Å². The van der Waals surface area contributed by atoms with Crippen molar-refractivity contribution in [3.8, 4) is 5.75 Å². The molecule has 1 saturated heterocycles. The van der Waals surface area contributed by atoms with Crippen LogP contribution in [0.1, 0.15) is 41.5 Å². The lowest BCUT2D eigenvalue weighted by Crippen LogP contribution is -2.35. The summed E-state index contributed by atoms with van der Waals surface area (Å²) in [5.74, 6) is 1.29. The van der Waals surface area contributed by atoms with E-state index in [1.807, 2.05) is 49.2 Å². The van der Waals surface area contributed by atoms with Gasteiger partial charge in [0.25, 0.3) is 5.91 Å². The Hall–Kier alpha value is -3.15. The van der Waals surface area contributed by atoms with Crippen LogP contribution in [0, 0.1) is 19.7 Å². The Labute approximate surface area is 176 Å². The van der Waals surface area contributed by atoms with E-state index in [0.29, 0.717) is 18.8 Å². The summed E-state index contributed by atoms with van der Waals surface area (Å²) in [6, 6.07) is 14.1. The third-order valence-electron chi connectivity index (χ3n) is 5.56. The molecule has 1 fully saturated rings. The number of aromatic nitrogens is 2. The fraction of sp³-hybridized carbons (Fsp3) is 0.333. The zero-order chi connectivity index (χ0) is 21.1. The number of hydrogen-bond acceptors (Lipinski definition) is 3. The lowest BCUT2D eigenvalue weighted by atomic mass is 10.1. The maximum atomic E-state index is 13.3. The van der Waals surface area contributed by atoms with Crippen molar-refractivity contribution in [2.45, 2.75) is 39.3 Å². The number of likely N-dealkylation sites (tertiary alicyclic amines) is 1. The summed E-state index contributed by atoms with van der Waals surface area (Å²) < 4.78 is 21.1. The maximum absolute atomic E-state index is 13.3. The number of nitrogens with zero attached hydrogens (tertiary/aromatic N) is 3. The molecular weight excluding hydrogens is 381 g/mol. The van der Waals surface area contributed by atoms with Crippen LogP contribution >= 0.6 is 0 Å². The number of carbonyl (C=O) groups excluding carboxylic acids is 1. The van der Waals surface area contributed by atoms with E-state index in [-0.39, 0.29) is 24.4 Å². The van der Waals surface area contributed by atoms with Crippen molar-refractivity contribution >= 4 is 5.91 Å². The Morgan fingerprint density at radius 2 is 2.00 bits per heavy atom. The fourth-order valence-electron chi connectivity index (χ4n) is 3.99. The lowest BCUT2D eigenvalue weighted by molar-refractivity contribution is -0.134. The van der Waals surface area contributed by atoms with E-state index in [0.717, 1.165) is 35.5 Å². The summed E-state index contributed by atoms with van der Waals surface area (Å²) >= 11 is 0. The van der Waals surface area contributed by atoms with Crippen LogP contribution in [-0.4, -0.2) is 33.5 Å². The van der Waals surface area contributed by atoms with Crippen molar-refractivity contribution in [1.82, 2.24) is 14.5 Å². The molecule has 2 heterocycles. The average Bonchev–Trinajstić information content (AvgIpc) is 3.35. The van der Waals surface area contributed by atoms with Crippen LogP contribution in [0.25, 0.3) is 0 Å². The molecule has 4 rings (SSSR count). The van der Waals surface area contributed by atoms with Crippen molar-refractivity contribution in [2.75, 3.05) is 13.2 Å². The van der Waals surface area contributed by atoms with Crippen molar-refractivity contribution < 1.29 is 13.9 Å². The molecular formula is C24H26FN3O2. The summed E-state index contributed by atoms with van der Waals surface area (Å²) in [6.45, 7) is 5.30. The highest BCUT2D eigenvalue weighted by Crippen LogP contribution is 2.32. The van der Waals surface area contributed by atoms with Gasteiger partial charge in [-0.05, 0) is 62.1 Å². The molecule has 0 N–H and O–H groups in total. The van der Waals surface area contributed by atoms with Crippen LogP contribution in [0.2, 0.25) is 0 Å². The standard InChI is InChI=1S/C24H26FN3O2/c1-17-5-3-6-21(13-17)30-16-23(29)27-12-4-7-22(27)24-26-14-18(2)28(24)15-19-8-10-20(25)11-9-19/h3,5-6,8-11,13-14,22H,4,7,12,15-16H2,1-2H3. The highest BCUT2D eigenvalue weighted by molar-refractivity contribution is 5.78. The van der Waals surface area contributed by atoms with E-state index in [1.54, 1.807) is 12.1 Å². The first-order valence-corrected chi connectivity index (χ1v) is 10.3. The molecule has 30 heavy (non-hydrogen) atoms. The number of halogens is 1. The topological polar surface area (TPSA) is 47.4 Å². The monoisotopic (exact) mass is 407 g/mol. The summed E-state index contributed by atoms with van der Waals surface area (Å²) in [7, 11) is 0. The zero-order valence-corrected chi connectivity index (χ0v) is 17.3. The molecule has 0 aliphatic carbocycles. The van der Waals surface area contributed by atoms with Crippen LogP contribution < -0.4 is 4.74 Å². The third kappa shape index (κ3) is 4.37. The van der Waals surface area contributed by atoms with Gasteiger partial charge < -0.3 is 14.2 Å². The van der Waals surface area contributed by atoms with E-state index in [4.69, 9.17) is 4.74 Å². The van der Waals surface area contributed by atoms with Crippen molar-refractivity contribution in [3.05, 3.63) is 83.2 Å². The van der Waals surface area contributed by atoms with Gasteiger partial charge in [0.05, 0.1) is 6.04 Å². The molecule has 0 spiro atoms.